The van der Waals surface area contributed by atoms with Crippen LogP contribution >= 0.6 is 11.6 Å². The highest BCUT2D eigenvalue weighted by Crippen LogP contribution is 2.46. The topological polar surface area (TPSA) is 121 Å². The zero-order chi connectivity index (χ0) is 41.4. The largest absolute Gasteiger partial charge is 0.371 e. The van der Waals surface area contributed by atoms with Gasteiger partial charge in [-0.3, -0.25) is 39.1 Å². The number of likely N-dealkylation sites (tertiary alicyclic amines) is 2. The molecule has 0 radical (unpaired) electrons. The third-order valence-corrected chi connectivity index (χ3v) is 15.0. The average molecular weight is 829 g/mol. The number of piperidine rings is 3. The molecule has 0 saturated carbocycles. The molecule has 1 N–H and O–H groups in total. The van der Waals surface area contributed by atoms with Crippen molar-refractivity contribution in [1.82, 2.24) is 20.0 Å². The number of carbonyl (C=O) groups excluding carboxylic acids is 5. The van der Waals surface area contributed by atoms with E-state index in [1.54, 1.807) is 12.1 Å². The van der Waals surface area contributed by atoms with Crippen LogP contribution in [-0.2, 0) is 9.59 Å². The molecule has 6 fully saturated rings. The lowest BCUT2D eigenvalue weighted by atomic mass is 9.76. The number of fused-ring (bicyclic) bond motifs is 3. The summed E-state index contributed by atoms with van der Waals surface area (Å²) in [5.41, 5.74) is 5.25. The first-order chi connectivity index (χ1) is 29.0. The summed E-state index contributed by atoms with van der Waals surface area (Å²) in [4.78, 5) is 81.0. The Morgan fingerprint density at radius 2 is 1.50 bits per heavy atom. The van der Waals surface area contributed by atoms with E-state index in [4.69, 9.17) is 18.2 Å². The quantitative estimate of drug-likeness (QED) is 0.245. The smallest absolute Gasteiger partial charge is 0.262 e. The summed E-state index contributed by atoms with van der Waals surface area (Å²) in [5.74, 6) is -1.86. The van der Waals surface area contributed by atoms with E-state index >= 15 is 0 Å². The van der Waals surface area contributed by atoms with Crippen LogP contribution < -0.4 is 20.0 Å². The summed E-state index contributed by atoms with van der Waals surface area (Å²) in [7, 11) is 0. The second-order valence-corrected chi connectivity index (χ2v) is 18.5. The Labute approximate surface area is 355 Å². The fourth-order valence-electron chi connectivity index (χ4n) is 11.5. The molecule has 0 aromatic heterocycles. The van der Waals surface area contributed by atoms with E-state index in [1.807, 2.05) is 36.4 Å². The Morgan fingerprint density at radius 3 is 2.18 bits per heavy atom. The van der Waals surface area contributed by atoms with Crippen LogP contribution in [0.1, 0.15) is 89.4 Å². The second-order valence-electron chi connectivity index (χ2n) is 18.1. The molecule has 310 valence electrons. The van der Waals surface area contributed by atoms with Gasteiger partial charge in [-0.1, -0.05) is 17.7 Å². The van der Waals surface area contributed by atoms with E-state index in [9.17, 15) is 24.0 Å². The number of hydrogen-bond acceptors (Lipinski definition) is 9. The summed E-state index contributed by atoms with van der Waals surface area (Å²) >= 11 is 6.40. The number of piperazine rings is 1. The second kappa shape index (κ2) is 14.9. The maximum absolute atomic E-state index is 13.9. The molecule has 7 aliphatic rings. The minimum absolute atomic E-state index is 0.0905. The van der Waals surface area contributed by atoms with Crippen LogP contribution in [-0.4, -0.2) is 120 Å². The molecule has 13 nitrogen and oxygen atoms in total. The van der Waals surface area contributed by atoms with Gasteiger partial charge in [-0.2, -0.15) is 0 Å². The third kappa shape index (κ3) is 6.59. The molecule has 60 heavy (non-hydrogen) atoms. The van der Waals surface area contributed by atoms with Crippen molar-refractivity contribution in [2.75, 3.05) is 60.5 Å². The lowest BCUT2D eigenvalue weighted by Crippen LogP contribution is -2.54. The SMILES string of the molecule is [C-]#[N+]c1ccc(N2CC3(CCN(c4ccc(C(=O)N5C[C@@H]6C[C@H]5CN6C5CCN(c6ccc7c(c6)C(=O)N(C6CCC(=O)NC6=O)C7=O)CC5)cc4)CC3)CC2C)cc1Cl. The lowest BCUT2D eigenvalue weighted by molar-refractivity contribution is -0.136. The highest BCUT2D eigenvalue weighted by atomic mass is 35.5. The average Bonchev–Trinajstić information content (AvgIpc) is 4.02. The molecule has 5 amide bonds. The van der Waals surface area contributed by atoms with Crippen molar-refractivity contribution < 1.29 is 24.0 Å². The molecule has 1 spiro atoms. The number of imide groups is 2. The predicted octanol–water partition coefficient (Wildman–Crippen LogP) is 5.75. The van der Waals surface area contributed by atoms with Gasteiger partial charge in [0.1, 0.15) is 6.04 Å². The first-order valence-corrected chi connectivity index (χ1v) is 21.8. The molecule has 6 saturated heterocycles. The van der Waals surface area contributed by atoms with Gasteiger partial charge in [-0.15, -0.1) is 0 Å². The molecule has 2 unspecified atom stereocenters. The van der Waals surface area contributed by atoms with Crippen molar-refractivity contribution >= 4 is 63.9 Å². The number of nitrogens with one attached hydrogen (secondary N) is 1. The van der Waals surface area contributed by atoms with E-state index in [0.717, 1.165) is 106 Å². The van der Waals surface area contributed by atoms with Gasteiger partial charge in [0.15, 0.2) is 0 Å². The summed E-state index contributed by atoms with van der Waals surface area (Å²) in [5, 5.41) is 2.77. The summed E-state index contributed by atoms with van der Waals surface area (Å²) in [6, 6.07) is 19.8. The summed E-state index contributed by atoms with van der Waals surface area (Å²) < 4.78 is 0. The highest BCUT2D eigenvalue weighted by Gasteiger charge is 2.49. The molecular weight excluding hydrogens is 780 g/mol. The minimum Gasteiger partial charge on any atom is -0.371 e. The lowest BCUT2D eigenvalue weighted by Gasteiger charge is -2.43. The number of rotatable bonds is 6. The fraction of sp³-hybridized carbons (Fsp3) is 0.478. The fourth-order valence-corrected chi connectivity index (χ4v) is 11.7. The van der Waals surface area contributed by atoms with Gasteiger partial charge in [0, 0.05) is 104 Å². The zero-order valence-electron chi connectivity index (χ0n) is 33.8. The van der Waals surface area contributed by atoms with Gasteiger partial charge >= 0.3 is 0 Å². The Balaban J connectivity index is 0.705. The van der Waals surface area contributed by atoms with E-state index in [-0.39, 0.29) is 30.2 Å². The molecule has 10 rings (SSSR count). The Hall–Kier alpha value is -5.45. The van der Waals surface area contributed by atoms with Crippen molar-refractivity contribution in [2.24, 2.45) is 5.41 Å². The van der Waals surface area contributed by atoms with Gasteiger partial charge in [0.2, 0.25) is 17.5 Å². The van der Waals surface area contributed by atoms with Crippen LogP contribution in [0.2, 0.25) is 5.02 Å². The number of amides is 5. The van der Waals surface area contributed by atoms with E-state index < -0.39 is 29.7 Å². The van der Waals surface area contributed by atoms with Crippen molar-refractivity contribution in [2.45, 2.75) is 88.5 Å². The minimum atomic E-state index is -0.977. The molecule has 4 atom stereocenters. The van der Waals surface area contributed by atoms with Gasteiger partial charge in [-0.05, 0) is 112 Å². The number of hydrogen-bond donors (Lipinski definition) is 1. The number of halogens is 1. The van der Waals surface area contributed by atoms with Gasteiger partial charge < -0.3 is 19.6 Å². The Morgan fingerprint density at radius 1 is 0.800 bits per heavy atom. The third-order valence-electron chi connectivity index (χ3n) is 14.7. The molecule has 3 aromatic rings. The maximum atomic E-state index is 13.9. The van der Waals surface area contributed by atoms with Crippen LogP contribution in [0.25, 0.3) is 4.85 Å². The van der Waals surface area contributed by atoms with E-state index in [2.05, 4.69) is 53.7 Å². The van der Waals surface area contributed by atoms with Crippen LogP contribution in [0.3, 0.4) is 0 Å². The zero-order valence-corrected chi connectivity index (χ0v) is 34.6. The first kappa shape index (κ1) is 38.7. The number of carbonyl (C=O) groups is 5. The predicted molar refractivity (Wildman–Crippen MR) is 228 cm³/mol. The number of anilines is 3. The standard InChI is InChI=1S/C46H49ClN8O5/c1-28-24-46(27-54(28)33-8-10-39(48-2)38(47)23-33)15-19-51(20-16-46)30-5-3-29(4-6-30)43(58)53-26-34-21-35(53)25-52(34)31-13-17-50(18-14-31)32-7-9-36-37(22-32)45(60)55(44(36)59)40-11-12-41(56)49-42(40)57/h3-10,22-23,28,31,34-35,40H,11-21,24-27H2,1H3,(H,49,56,57)/t28?,34-,35-,40?/m0/s1. The summed E-state index contributed by atoms with van der Waals surface area (Å²) in [6.07, 6.45) is 6.52. The monoisotopic (exact) mass is 828 g/mol. The first-order valence-electron chi connectivity index (χ1n) is 21.5. The Kier molecular flexibility index (Phi) is 9.63. The van der Waals surface area contributed by atoms with Gasteiger partial charge in [0.05, 0.1) is 17.7 Å². The molecule has 7 heterocycles. The Bertz CT molecular complexity index is 2330. The maximum Gasteiger partial charge on any atom is 0.262 e. The van der Waals surface area contributed by atoms with Crippen molar-refractivity contribution in [3.8, 4) is 0 Å². The summed E-state index contributed by atoms with van der Waals surface area (Å²) in [6.45, 7) is 15.8. The van der Waals surface area contributed by atoms with Gasteiger partial charge in [-0.25, -0.2) is 4.85 Å². The molecule has 2 bridgehead atoms. The van der Waals surface area contributed by atoms with Crippen LogP contribution in [0.15, 0.2) is 60.7 Å². The van der Waals surface area contributed by atoms with Crippen molar-refractivity contribution in [3.05, 3.63) is 93.8 Å². The number of nitrogens with zero attached hydrogens (tertiary/aromatic N) is 7. The molecule has 14 heteroatoms. The molecular formula is C46H49ClN8O5. The number of benzene rings is 3. The molecule has 0 aliphatic carbocycles. The van der Waals surface area contributed by atoms with Gasteiger partial charge in [0.25, 0.3) is 17.7 Å². The van der Waals surface area contributed by atoms with Crippen molar-refractivity contribution in [1.29, 1.82) is 0 Å². The molecule has 7 aliphatic heterocycles. The van der Waals surface area contributed by atoms with E-state index in [1.165, 1.54) is 5.69 Å². The highest BCUT2D eigenvalue weighted by molar-refractivity contribution is 6.33. The molecule has 3 aromatic carbocycles. The van der Waals surface area contributed by atoms with E-state index in [0.29, 0.717) is 40.0 Å². The van der Waals surface area contributed by atoms with Crippen LogP contribution in [0, 0.1) is 12.0 Å². The van der Waals surface area contributed by atoms with Crippen LogP contribution in [0.5, 0.6) is 0 Å². The van der Waals surface area contributed by atoms with Crippen molar-refractivity contribution in [3.63, 3.8) is 0 Å². The van der Waals surface area contributed by atoms with Crippen LogP contribution in [0.4, 0.5) is 22.7 Å². The normalized spacial score (nSPS) is 26.6.